The van der Waals surface area contributed by atoms with Gasteiger partial charge >= 0.3 is 0 Å². The molecule has 1 aliphatic carbocycles. The van der Waals surface area contributed by atoms with Crippen LogP contribution in [0.2, 0.25) is 0 Å². The van der Waals surface area contributed by atoms with Crippen LogP contribution in [0.3, 0.4) is 0 Å². The molecule has 0 N–H and O–H groups in total. The average molecular weight is 210 g/mol. The predicted octanol–water partition coefficient (Wildman–Crippen LogP) is 0.967. The fraction of sp³-hybridized carbons (Fsp3) is 0.818. The molecule has 1 saturated heterocycles. The molecule has 0 bridgehead atoms. The van der Waals surface area contributed by atoms with Crippen LogP contribution >= 0.6 is 0 Å². The Morgan fingerprint density at radius 2 is 2.20 bits per heavy atom. The Morgan fingerprint density at radius 3 is 2.80 bits per heavy atom. The zero-order chi connectivity index (χ0) is 10.8. The number of ketones is 1. The lowest BCUT2D eigenvalue weighted by Crippen LogP contribution is -2.52. The molecule has 1 heterocycles. The van der Waals surface area contributed by atoms with Crippen LogP contribution in [-0.4, -0.2) is 40.8 Å². The van der Waals surface area contributed by atoms with Gasteiger partial charge < -0.3 is 0 Å². The summed E-state index contributed by atoms with van der Waals surface area (Å²) < 4.78 is 0. The van der Waals surface area contributed by atoms with Gasteiger partial charge in [-0.3, -0.25) is 14.6 Å². The van der Waals surface area contributed by atoms with Crippen LogP contribution in [0.4, 0.5) is 0 Å². The van der Waals surface area contributed by atoms with E-state index in [0.717, 1.165) is 25.8 Å². The Bertz CT molecular complexity index is 274. The van der Waals surface area contributed by atoms with Crippen LogP contribution < -0.4 is 0 Å². The van der Waals surface area contributed by atoms with E-state index in [-0.39, 0.29) is 11.7 Å². The van der Waals surface area contributed by atoms with E-state index >= 15 is 0 Å². The van der Waals surface area contributed by atoms with Crippen LogP contribution in [0.25, 0.3) is 0 Å². The first-order valence-electron chi connectivity index (χ1n) is 5.75. The zero-order valence-corrected chi connectivity index (χ0v) is 9.24. The standard InChI is InChI=1S/C11H18N2O2/c1-9(14)6-8-12-7-2-3-11(15)13(12)10-4-5-10/h10H,2-8H2,1H3. The molecule has 15 heavy (non-hydrogen) atoms. The summed E-state index contributed by atoms with van der Waals surface area (Å²) in [6.45, 7) is 3.24. The van der Waals surface area contributed by atoms with Crippen molar-refractivity contribution < 1.29 is 9.59 Å². The number of hydrogen-bond acceptors (Lipinski definition) is 3. The van der Waals surface area contributed by atoms with Gasteiger partial charge in [-0.25, -0.2) is 5.01 Å². The molecule has 2 rings (SSSR count). The van der Waals surface area contributed by atoms with Crippen molar-refractivity contribution in [1.82, 2.24) is 10.0 Å². The third-order valence-electron chi connectivity index (χ3n) is 2.98. The van der Waals surface area contributed by atoms with Gasteiger partial charge in [-0.1, -0.05) is 0 Å². The molecule has 0 aromatic heterocycles. The maximum atomic E-state index is 11.7. The highest BCUT2D eigenvalue weighted by atomic mass is 16.2. The molecule has 0 radical (unpaired) electrons. The highest BCUT2D eigenvalue weighted by Gasteiger charge is 2.38. The summed E-state index contributed by atoms with van der Waals surface area (Å²) in [6.07, 6.45) is 4.41. The molecule has 0 atom stereocenters. The van der Waals surface area contributed by atoms with Crippen LogP contribution in [-0.2, 0) is 9.59 Å². The van der Waals surface area contributed by atoms with E-state index in [2.05, 4.69) is 5.01 Å². The number of nitrogens with zero attached hydrogens (tertiary/aromatic N) is 2. The molecule has 0 unspecified atom stereocenters. The Balaban J connectivity index is 1.93. The number of hydrazine groups is 1. The molecule has 4 heteroatoms. The Labute approximate surface area is 90.2 Å². The van der Waals surface area contributed by atoms with Gasteiger partial charge in [-0.15, -0.1) is 0 Å². The van der Waals surface area contributed by atoms with E-state index in [1.165, 1.54) is 0 Å². The van der Waals surface area contributed by atoms with Crippen molar-refractivity contribution >= 4 is 11.7 Å². The van der Waals surface area contributed by atoms with Crippen LogP contribution in [0, 0.1) is 0 Å². The largest absolute Gasteiger partial charge is 0.300 e. The van der Waals surface area contributed by atoms with Gasteiger partial charge in [-0.2, -0.15) is 0 Å². The van der Waals surface area contributed by atoms with E-state index in [1.54, 1.807) is 6.92 Å². The van der Waals surface area contributed by atoms with Crippen molar-refractivity contribution in [2.75, 3.05) is 13.1 Å². The van der Waals surface area contributed by atoms with Gasteiger partial charge in [0.1, 0.15) is 5.78 Å². The lowest BCUT2D eigenvalue weighted by Gasteiger charge is -2.38. The van der Waals surface area contributed by atoms with E-state index in [9.17, 15) is 9.59 Å². The minimum atomic E-state index is 0.198. The molecular formula is C11H18N2O2. The summed E-state index contributed by atoms with van der Waals surface area (Å²) in [5.74, 6) is 0.441. The monoisotopic (exact) mass is 210 g/mol. The Kier molecular flexibility index (Phi) is 3.05. The molecule has 2 fully saturated rings. The normalized spacial score (nSPS) is 23.3. The minimum Gasteiger partial charge on any atom is -0.300 e. The molecule has 4 nitrogen and oxygen atoms in total. The molecule has 2 aliphatic rings. The summed E-state index contributed by atoms with van der Waals surface area (Å²) in [5, 5.41) is 3.98. The third-order valence-corrected chi connectivity index (χ3v) is 2.98. The second kappa shape index (κ2) is 4.31. The first-order chi connectivity index (χ1) is 7.18. The third kappa shape index (κ3) is 2.56. The van der Waals surface area contributed by atoms with Crippen molar-refractivity contribution in [1.29, 1.82) is 0 Å². The summed E-state index contributed by atoms with van der Waals surface area (Å²) in [6, 6.07) is 0.435. The first kappa shape index (κ1) is 10.6. The van der Waals surface area contributed by atoms with Gasteiger partial charge in [-0.05, 0) is 26.2 Å². The van der Waals surface area contributed by atoms with Crippen LogP contribution in [0.5, 0.6) is 0 Å². The summed E-state index contributed by atoms with van der Waals surface area (Å²) in [5.41, 5.74) is 0. The molecule has 1 amide bonds. The molecule has 1 saturated carbocycles. The Hall–Kier alpha value is -0.900. The maximum absolute atomic E-state index is 11.7. The zero-order valence-electron chi connectivity index (χ0n) is 9.24. The van der Waals surface area contributed by atoms with Gasteiger partial charge in [0.25, 0.3) is 0 Å². The summed E-state index contributed by atoms with van der Waals surface area (Å²) in [4.78, 5) is 22.7. The quantitative estimate of drug-likeness (QED) is 0.694. The SMILES string of the molecule is CC(=O)CCN1CCCC(=O)N1C1CC1. The fourth-order valence-electron chi connectivity index (χ4n) is 2.05. The lowest BCUT2D eigenvalue weighted by molar-refractivity contribution is -0.157. The number of carbonyl (C=O) groups is 2. The van der Waals surface area contributed by atoms with Gasteiger partial charge in [0.15, 0.2) is 0 Å². The molecule has 84 valence electrons. The molecular weight excluding hydrogens is 192 g/mol. The van der Waals surface area contributed by atoms with Gasteiger partial charge in [0, 0.05) is 32.0 Å². The maximum Gasteiger partial charge on any atom is 0.237 e. The van der Waals surface area contributed by atoms with E-state index in [1.807, 2.05) is 5.01 Å². The smallest absolute Gasteiger partial charge is 0.237 e. The molecule has 1 aliphatic heterocycles. The topological polar surface area (TPSA) is 40.6 Å². The van der Waals surface area contributed by atoms with Crippen molar-refractivity contribution in [3.63, 3.8) is 0 Å². The molecule has 0 aromatic rings. The number of Topliss-reactive ketones (excluding diaryl/α,β-unsaturated/α-hetero) is 1. The highest BCUT2D eigenvalue weighted by molar-refractivity contribution is 5.77. The van der Waals surface area contributed by atoms with Crippen molar-refractivity contribution in [2.45, 2.75) is 45.1 Å². The first-order valence-corrected chi connectivity index (χ1v) is 5.75. The number of carbonyl (C=O) groups excluding carboxylic acids is 2. The summed E-state index contributed by atoms with van der Waals surface area (Å²) >= 11 is 0. The van der Waals surface area contributed by atoms with E-state index in [4.69, 9.17) is 0 Å². The highest BCUT2D eigenvalue weighted by Crippen LogP contribution is 2.31. The molecule has 0 aromatic carbocycles. The number of rotatable bonds is 4. The van der Waals surface area contributed by atoms with Crippen molar-refractivity contribution in [2.24, 2.45) is 0 Å². The van der Waals surface area contributed by atoms with Gasteiger partial charge in [0.05, 0.1) is 0 Å². The fourth-order valence-corrected chi connectivity index (χ4v) is 2.05. The second-order valence-electron chi connectivity index (χ2n) is 4.48. The number of amides is 1. The number of hydrogen-bond donors (Lipinski definition) is 0. The minimum absolute atomic E-state index is 0.198. The van der Waals surface area contributed by atoms with Gasteiger partial charge in [0.2, 0.25) is 5.91 Å². The van der Waals surface area contributed by atoms with Crippen molar-refractivity contribution in [3.05, 3.63) is 0 Å². The van der Waals surface area contributed by atoms with Crippen LogP contribution in [0.15, 0.2) is 0 Å². The molecule has 0 spiro atoms. The predicted molar refractivity (Wildman–Crippen MR) is 56.0 cm³/mol. The lowest BCUT2D eigenvalue weighted by atomic mass is 10.2. The Morgan fingerprint density at radius 1 is 1.47 bits per heavy atom. The van der Waals surface area contributed by atoms with E-state index in [0.29, 0.717) is 25.4 Å². The average Bonchev–Trinajstić information content (AvgIpc) is 2.98. The van der Waals surface area contributed by atoms with Crippen molar-refractivity contribution in [3.8, 4) is 0 Å². The second-order valence-corrected chi connectivity index (χ2v) is 4.48. The summed E-state index contributed by atoms with van der Waals surface area (Å²) in [7, 11) is 0. The van der Waals surface area contributed by atoms with E-state index < -0.39 is 0 Å². The van der Waals surface area contributed by atoms with Crippen LogP contribution in [0.1, 0.15) is 39.0 Å².